The molecule has 24 heavy (non-hydrogen) atoms. The Labute approximate surface area is 143 Å². The van der Waals surface area contributed by atoms with E-state index in [9.17, 15) is 9.59 Å². The highest BCUT2D eigenvalue weighted by atomic mass is 16.5. The Morgan fingerprint density at radius 3 is 2.38 bits per heavy atom. The SMILES string of the molecule is COCCOCC(=O)N1CCCN(C(=O)c2ccc(C)cc2)CC1. The monoisotopic (exact) mass is 334 g/mol. The minimum Gasteiger partial charge on any atom is -0.382 e. The van der Waals surface area contributed by atoms with Crippen LogP contribution >= 0.6 is 0 Å². The van der Waals surface area contributed by atoms with Crippen molar-refractivity contribution >= 4 is 11.8 Å². The van der Waals surface area contributed by atoms with Gasteiger partial charge in [-0.1, -0.05) is 17.7 Å². The molecule has 0 aromatic heterocycles. The van der Waals surface area contributed by atoms with Crippen LogP contribution in [0.2, 0.25) is 0 Å². The van der Waals surface area contributed by atoms with Crippen molar-refractivity contribution < 1.29 is 19.1 Å². The molecule has 0 unspecified atom stereocenters. The highest BCUT2D eigenvalue weighted by Crippen LogP contribution is 2.11. The fourth-order valence-corrected chi connectivity index (χ4v) is 2.64. The van der Waals surface area contributed by atoms with Crippen LogP contribution in [-0.4, -0.2) is 74.7 Å². The Morgan fingerprint density at radius 2 is 1.67 bits per heavy atom. The Balaban J connectivity index is 1.84. The number of hydrogen-bond acceptors (Lipinski definition) is 4. The minimum atomic E-state index is -0.0317. The maximum Gasteiger partial charge on any atom is 0.253 e. The van der Waals surface area contributed by atoms with Crippen LogP contribution in [0.3, 0.4) is 0 Å². The van der Waals surface area contributed by atoms with Gasteiger partial charge in [0.25, 0.3) is 5.91 Å². The summed E-state index contributed by atoms with van der Waals surface area (Å²) in [5.74, 6) is -0.00335. The zero-order valence-electron chi connectivity index (χ0n) is 14.5. The first-order valence-corrected chi connectivity index (χ1v) is 8.32. The number of rotatable bonds is 6. The lowest BCUT2D eigenvalue weighted by atomic mass is 10.1. The molecular weight excluding hydrogens is 308 g/mol. The molecule has 1 heterocycles. The van der Waals surface area contributed by atoms with E-state index in [1.165, 1.54) is 0 Å². The Bertz CT molecular complexity index is 544. The van der Waals surface area contributed by atoms with E-state index in [0.717, 1.165) is 12.0 Å². The van der Waals surface area contributed by atoms with Crippen molar-refractivity contribution in [2.75, 3.05) is 53.1 Å². The number of hydrogen-bond donors (Lipinski definition) is 0. The lowest BCUT2D eigenvalue weighted by Crippen LogP contribution is -2.39. The average molecular weight is 334 g/mol. The molecule has 1 aromatic carbocycles. The molecule has 1 saturated heterocycles. The molecule has 0 atom stereocenters. The first-order chi connectivity index (χ1) is 11.6. The maximum atomic E-state index is 12.6. The van der Waals surface area contributed by atoms with Gasteiger partial charge in [-0.25, -0.2) is 0 Å². The van der Waals surface area contributed by atoms with E-state index < -0.39 is 0 Å². The van der Waals surface area contributed by atoms with Crippen LogP contribution in [0.15, 0.2) is 24.3 Å². The summed E-state index contributed by atoms with van der Waals surface area (Å²) in [6.45, 7) is 5.37. The molecule has 6 nitrogen and oxygen atoms in total. The van der Waals surface area contributed by atoms with E-state index >= 15 is 0 Å². The number of methoxy groups -OCH3 is 1. The summed E-state index contributed by atoms with van der Waals surface area (Å²) < 4.78 is 10.2. The van der Waals surface area contributed by atoms with Gasteiger partial charge >= 0.3 is 0 Å². The van der Waals surface area contributed by atoms with Gasteiger partial charge in [0.1, 0.15) is 6.61 Å². The molecule has 0 radical (unpaired) electrons. The third kappa shape index (κ3) is 5.32. The zero-order chi connectivity index (χ0) is 17.4. The van der Waals surface area contributed by atoms with Crippen LogP contribution in [0.4, 0.5) is 0 Å². The van der Waals surface area contributed by atoms with E-state index in [4.69, 9.17) is 9.47 Å². The molecule has 0 spiro atoms. The first kappa shape index (κ1) is 18.4. The molecule has 0 N–H and O–H groups in total. The number of benzene rings is 1. The number of amides is 2. The molecule has 132 valence electrons. The van der Waals surface area contributed by atoms with E-state index in [0.29, 0.717) is 45.0 Å². The van der Waals surface area contributed by atoms with Crippen LogP contribution in [0, 0.1) is 6.92 Å². The molecule has 0 saturated carbocycles. The topological polar surface area (TPSA) is 59.1 Å². The van der Waals surface area contributed by atoms with Gasteiger partial charge in [0.2, 0.25) is 5.91 Å². The van der Waals surface area contributed by atoms with Gasteiger partial charge in [0.15, 0.2) is 0 Å². The van der Waals surface area contributed by atoms with Crippen LogP contribution in [0.25, 0.3) is 0 Å². The number of aryl methyl sites for hydroxylation is 1. The van der Waals surface area contributed by atoms with Crippen molar-refractivity contribution in [3.8, 4) is 0 Å². The summed E-state index contributed by atoms with van der Waals surface area (Å²) in [6.07, 6.45) is 0.779. The van der Waals surface area contributed by atoms with Crippen molar-refractivity contribution in [1.29, 1.82) is 0 Å². The summed E-state index contributed by atoms with van der Waals surface area (Å²) in [6, 6.07) is 7.60. The molecule has 1 aliphatic heterocycles. The van der Waals surface area contributed by atoms with Crippen molar-refractivity contribution in [1.82, 2.24) is 9.80 Å². The minimum absolute atomic E-state index is 0.0284. The second-order valence-corrected chi connectivity index (χ2v) is 5.94. The largest absolute Gasteiger partial charge is 0.382 e. The van der Waals surface area contributed by atoms with Crippen LogP contribution < -0.4 is 0 Å². The molecule has 6 heteroatoms. The molecule has 1 fully saturated rings. The van der Waals surface area contributed by atoms with E-state index in [-0.39, 0.29) is 18.4 Å². The molecule has 1 aromatic rings. The number of carbonyl (C=O) groups is 2. The van der Waals surface area contributed by atoms with Crippen molar-refractivity contribution in [2.24, 2.45) is 0 Å². The Hall–Kier alpha value is -1.92. The smallest absolute Gasteiger partial charge is 0.253 e. The van der Waals surface area contributed by atoms with E-state index in [1.54, 1.807) is 12.0 Å². The third-order valence-corrected chi connectivity index (χ3v) is 4.09. The van der Waals surface area contributed by atoms with Crippen LogP contribution in [-0.2, 0) is 14.3 Å². The second-order valence-electron chi connectivity index (χ2n) is 5.94. The summed E-state index contributed by atoms with van der Waals surface area (Å²) in [7, 11) is 1.60. The predicted molar refractivity (Wildman–Crippen MR) is 91.0 cm³/mol. The number of carbonyl (C=O) groups excluding carboxylic acids is 2. The first-order valence-electron chi connectivity index (χ1n) is 8.32. The highest BCUT2D eigenvalue weighted by Gasteiger charge is 2.22. The summed E-state index contributed by atoms with van der Waals surface area (Å²) in [5.41, 5.74) is 1.83. The third-order valence-electron chi connectivity index (χ3n) is 4.09. The van der Waals surface area contributed by atoms with Gasteiger partial charge in [0.05, 0.1) is 13.2 Å². The second kappa shape index (κ2) is 9.39. The Kier molecular flexibility index (Phi) is 7.21. The fraction of sp³-hybridized carbons (Fsp3) is 0.556. The van der Waals surface area contributed by atoms with Gasteiger partial charge in [0, 0.05) is 38.9 Å². The fourth-order valence-electron chi connectivity index (χ4n) is 2.64. The average Bonchev–Trinajstić information content (AvgIpc) is 2.85. The summed E-state index contributed by atoms with van der Waals surface area (Å²) in [4.78, 5) is 28.3. The molecule has 1 aliphatic rings. The van der Waals surface area contributed by atoms with Gasteiger partial charge in [-0.15, -0.1) is 0 Å². The van der Waals surface area contributed by atoms with Gasteiger partial charge < -0.3 is 19.3 Å². The molecule has 0 bridgehead atoms. The lowest BCUT2D eigenvalue weighted by molar-refractivity contribution is -0.136. The van der Waals surface area contributed by atoms with E-state index in [2.05, 4.69) is 0 Å². The maximum absolute atomic E-state index is 12.6. The number of ether oxygens (including phenoxy) is 2. The quantitative estimate of drug-likeness (QED) is 0.737. The van der Waals surface area contributed by atoms with Gasteiger partial charge in [-0.3, -0.25) is 9.59 Å². The van der Waals surface area contributed by atoms with Gasteiger partial charge in [-0.05, 0) is 25.5 Å². The van der Waals surface area contributed by atoms with Crippen molar-refractivity contribution in [2.45, 2.75) is 13.3 Å². The van der Waals surface area contributed by atoms with Crippen LogP contribution in [0.5, 0.6) is 0 Å². The molecule has 0 aliphatic carbocycles. The predicted octanol–water partition coefficient (Wildman–Crippen LogP) is 1.33. The number of nitrogens with zero attached hydrogens (tertiary/aromatic N) is 2. The van der Waals surface area contributed by atoms with E-state index in [1.807, 2.05) is 36.1 Å². The van der Waals surface area contributed by atoms with Crippen molar-refractivity contribution in [3.63, 3.8) is 0 Å². The Morgan fingerprint density at radius 1 is 1.00 bits per heavy atom. The standard InChI is InChI=1S/C18H26N2O4/c1-15-4-6-16(7-5-15)18(22)20-9-3-8-19(10-11-20)17(21)14-24-13-12-23-2/h4-7H,3,8-14H2,1-2H3. The normalized spacial score (nSPS) is 15.2. The summed E-state index contributed by atoms with van der Waals surface area (Å²) in [5, 5.41) is 0. The van der Waals surface area contributed by atoms with Crippen LogP contribution in [0.1, 0.15) is 22.3 Å². The molecule has 2 rings (SSSR count). The highest BCUT2D eigenvalue weighted by molar-refractivity contribution is 5.94. The molecular formula is C18H26N2O4. The molecule has 2 amide bonds. The zero-order valence-corrected chi connectivity index (χ0v) is 14.5. The lowest BCUT2D eigenvalue weighted by Gasteiger charge is -2.22. The summed E-state index contributed by atoms with van der Waals surface area (Å²) >= 11 is 0. The van der Waals surface area contributed by atoms with Gasteiger partial charge in [-0.2, -0.15) is 0 Å². The van der Waals surface area contributed by atoms with Crippen molar-refractivity contribution in [3.05, 3.63) is 35.4 Å².